The molecular weight excluding hydrogens is 394 g/mol. The maximum Gasteiger partial charge on any atom is 0.295 e. The van der Waals surface area contributed by atoms with Crippen LogP contribution >= 0.6 is 0 Å². The van der Waals surface area contributed by atoms with Crippen molar-refractivity contribution >= 4 is 17.4 Å². The van der Waals surface area contributed by atoms with Crippen LogP contribution in [0.5, 0.6) is 5.75 Å². The van der Waals surface area contributed by atoms with E-state index >= 15 is 0 Å². The minimum absolute atomic E-state index is 0.00604. The van der Waals surface area contributed by atoms with Gasteiger partial charge in [0.25, 0.3) is 11.7 Å². The molecule has 0 bridgehead atoms. The highest BCUT2D eigenvalue weighted by atomic mass is 16.5. The molecule has 164 valence electrons. The SMILES string of the molecule is COc1c(C)cc(C)cc1/C(O)=C1\C(=O)C(=O)N(CCOC(C)C)C1c1ccccc1. The summed E-state index contributed by atoms with van der Waals surface area (Å²) in [5.74, 6) is -1.12. The van der Waals surface area contributed by atoms with E-state index in [-0.39, 0.29) is 24.0 Å². The molecule has 1 fully saturated rings. The first-order chi connectivity index (χ1) is 14.8. The average molecular weight is 424 g/mol. The first-order valence-corrected chi connectivity index (χ1v) is 10.4. The summed E-state index contributed by atoms with van der Waals surface area (Å²) in [6.45, 7) is 8.13. The van der Waals surface area contributed by atoms with E-state index in [0.29, 0.717) is 17.9 Å². The van der Waals surface area contributed by atoms with E-state index in [1.165, 1.54) is 12.0 Å². The first-order valence-electron chi connectivity index (χ1n) is 10.4. The van der Waals surface area contributed by atoms with Gasteiger partial charge in [0, 0.05) is 6.54 Å². The van der Waals surface area contributed by atoms with Crippen LogP contribution < -0.4 is 4.74 Å². The van der Waals surface area contributed by atoms with Gasteiger partial charge in [0.1, 0.15) is 11.5 Å². The first kappa shape index (κ1) is 22.6. The van der Waals surface area contributed by atoms with E-state index in [0.717, 1.165) is 16.7 Å². The fourth-order valence-corrected chi connectivity index (χ4v) is 4.03. The minimum atomic E-state index is -0.711. The smallest absolute Gasteiger partial charge is 0.295 e. The minimum Gasteiger partial charge on any atom is -0.507 e. The van der Waals surface area contributed by atoms with Crippen molar-refractivity contribution in [1.29, 1.82) is 0 Å². The largest absolute Gasteiger partial charge is 0.507 e. The summed E-state index contributed by atoms with van der Waals surface area (Å²) < 4.78 is 11.1. The molecule has 2 aromatic carbocycles. The van der Waals surface area contributed by atoms with Crippen LogP contribution in [0.2, 0.25) is 0 Å². The Labute approximate surface area is 183 Å². The van der Waals surface area contributed by atoms with Gasteiger partial charge in [-0.2, -0.15) is 0 Å². The highest BCUT2D eigenvalue weighted by molar-refractivity contribution is 6.46. The Balaban J connectivity index is 2.17. The number of methoxy groups -OCH3 is 1. The standard InChI is InChI=1S/C25H29NO5/c1-15(2)31-12-11-26-21(18-9-7-6-8-10-18)20(23(28)25(26)29)22(27)19-14-16(3)13-17(4)24(19)30-5/h6-10,13-15,21,27H,11-12H2,1-5H3/b22-20+. The summed E-state index contributed by atoms with van der Waals surface area (Å²) in [7, 11) is 1.52. The fourth-order valence-electron chi connectivity index (χ4n) is 4.03. The Kier molecular flexibility index (Phi) is 6.81. The highest BCUT2D eigenvalue weighted by Gasteiger charge is 2.46. The van der Waals surface area contributed by atoms with E-state index in [1.807, 2.05) is 64.1 Å². The molecule has 6 nitrogen and oxygen atoms in total. The zero-order chi connectivity index (χ0) is 22.7. The van der Waals surface area contributed by atoms with Crippen LogP contribution in [-0.4, -0.2) is 48.1 Å². The molecule has 0 aromatic heterocycles. The average Bonchev–Trinajstić information content (AvgIpc) is 2.98. The van der Waals surface area contributed by atoms with Crippen LogP contribution in [0.1, 0.15) is 42.1 Å². The van der Waals surface area contributed by atoms with Gasteiger partial charge in [-0.15, -0.1) is 0 Å². The molecule has 1 N–H and O–H groups in total. The van der Waals surface area contributed by atoms with Gasteiger partial charge >= 0.3 is 0 Å². The molecular formula is C25H29NO5. The number of hydrogen-bond donors (Lipinski definition) is 1. The number of likely N-dealkylation sites (tertiary alicyclic amines) is 1. The second-order valence-corrected chi connectivity index (χ2v) is 7.99. The van der Waals surface area contributed by atoms with Gasteiger partial charge in [-0.1, -0.05) is 36.4 Å². The van der Waals surface area contributed by atoms with Crippen LogP contribution in [0.3, 0.4) is 0 Å². The molecule has 1 saturated heterocycles. The second kappa shape index (κ2) is 9.35. The molecule has 3 rings (SSSR count). The van der Waals surface area contributed by atoms with Crippen LogP contribution in [-0.2, 0) is 14.3 Å². The number of carbonyl (C=O) groups is 2. The van der Waals surface area contributed by atoms with Gasteiger partial charge in [-0.3, -0.25) is 9.59 Å². The Morgan fingerprint density at radius 3 is 2.42 bits per heavy atom. The molecule has 1 aliphatic heterocycles. The number of carbonyl (C=O) groups excluding carboxylic acids is 2. The van der Waals surface area contributed by atoms with E-state index in [2.05, 4.69) is 0 Å². The highest BCUT2D eigenvalue weighted by Crippen LogP contribution is 2.41. The molecule has 0 spiro atoms. The van der Waals surface area contributed by atoms with Crippen molar-refractivity contribution < 1.29 is 24.2 Å². The molecule has 6 heteroatoms. The molecule has 0 saturated carbocycles. The zero-order valence-corrected chi connectivity index (χ0v) is 18.6. The number of ketones is 1. The summed E-state index contributed by atoms with van der Waals surface area (Å²) in [5, 5.41) is 11.3. The third kappa shape index (κ3) is 4.49. The topological polar surface area (TPSA) is 76.1 Å². The molecule has 31 heavy (non-hydrogen) atoms. The van der Waals surface area contributed by atoms with Crippen LogP contribution in [0.4, 0.5) is 0 Å². The number of amides is 1. The molecule has 1 amide bonds. The number of Topliss-reactive ketones (excluding diaryl/α,β-unsaturated/α-hetero) is 1. The summed E-state index contributed by atoms with van der Waals surface area (Å²) in [6.07, 6.45) is 0.00604. The molecule has 1 unspecified atom stereocenters. The summed E-state index contributed by atoms with van der Waals surface area (Å²) in [5.41, 5.74) is 2.95. The molecule has 1 atom stereocenters. The lowest BCUT2D eigenvalue weighted by Crippen LogP contribution is -2.33. The van der Waals surface area contributed by atoms with Crippen LogP contribution in [0, 0.1) is 13.8 Å². The molecule has 0 aliphatic carbocycles. The van der Waals surface area contributed by atoms with Crippen molar-refractivity contribution in [3.8, 4) is 5.75 Å². The molecule has 1 heterocycles. The monoisotopic (exact) mass is 423 g/mol. The zero-order valence-electron chi connectivity index (χ0n) is 18.6. The lowest BCUT2D eigenvalue weighted by molar-refractivity contribution is -0.140. The number of aliphatic hydroxyl groups is 1. The van der Waals surface area contributed by atoms with Crippen LogP contribution in [0.25, 0.3) is 5.76 Å². The maximum absolute atomic E-state index is 13.1. The van der Waals surface area contributed by atoms with Gasteiger partial charge in [0.2, 0.25) is 0 Å². The third-order valence-corrected chi connectivity index (χ3v) is 5.32. The molecule has 2 aromatic rings. The van der Waals surface area contributed by atoms with Crippen molar-refractivity contribution in [3.05, 3.63) is 70.3 Å². The molecule has 0 radical (unpaired) electrons. The van der Waals surface area contributed by atoms with E-state index in [9.17, 15) is 14.7 Å². The number of aryl methyl sites for hydroxylation is 2. The maximum atomic E-state index is 13.1. The summed E-state index contributed by atoms with van der Waals surface area (Å²) >= 11 is 0. The van der Waals surface area contributed by atoms with Gasteiger partial charge in [-0.25, -0.2) is 0 Å². The summed E-state index contributed by atoms with van der Waals surface area (Å²) in [4.78, 5) is 27.5. The number of ether oxygens (including phenoxy) is 2. The number of hydrogen-bond acceptors (Lipinski definition) is 5. The van der Waals surface area contributed by atoms with Crippen molar-refractivity contribution in [2.45, 2.75) is 39.8 Å². The number of benzene rings is 2. The summed E-state index contributed by atoms with van der Waals surface area (Å²) in [6, 6.07) is 12.2. The second-order valence-electron chi connectivity index (χ2n) is 7.99. The van der Waals surface area contributed by atoms with E-state index in [1.54, 1.807) is 6.07 Å². The Bertz CT molecular complexity index is 1010. The van der Waals surface area contributed by atoms with E-state index in [4.69, 9.17) is 9.47 Å². The predicted octanol–water partition coefficient (Wildman–Crippen LogP) is 4.16. The van der Waals surface area contributed by atoms with Crippen molar-refractivity contribution in [2.75, 3.05) is 20.3 Å². The van der Waals surface area contributed by atoms with Gasteiger partial charge < -0.3 is 19.5 Å². The lowest BCUT2D eigenvalue weighted by Gasteiger charge is -2.26. The van der Waals surface area contributed by atoms with Gasteiger partial charge in [0.05, 0.1) is 37.0 Å². The number of nitrogens with zero attached hydrogens (tertiary/aromatic N) is 1. The normalized spacial score (nSPS) is 18.1. The van der Waals surface area contributed by atoms with Crippen molar-refractivity contribution in [1.82, 2.24) is 4.90 Å². The quantitative estimate of drug-likeness (QED) is 0.411. The van der Waals surface area contributed by atoms with E-state index < -0.39 is 17.7 Å². The predicted molar refractivity (Wildman–Crippen MR) is 119 cm³/mol. The van der Waals surface area contributed by atoms with Gasteiger partial charge in [0.15, 0.2) is 0 Å². The van der Waals surface area contributed by atoms with Crippen molar-refractivity contribution in [3.63, 3.8) is 0 Å². The van der Waals surface area contributed by atoms with Crippen molar-refractivity contribution in [2.24, 2.45) is 0 Å². The third-order valence-electron chi connectivity index (χ3n) is 5.32. The lowest BCUT2D eigenvalue weighted by atomic mass is 9.93. The molecule has 1 aliphatic rings. The van der Waals surface area contributed by atoms with Gasteiger partial charge in [-0.05, 0) is 50.5 Å². The number of aliphatic hydroxyl groups excluding tert-OH is 1. The number of rotatable bonds is 7. The Hall–Kier alpha value is -3.12. The van der Waals surface area contributed by atoms with Crippen LogP contribution in [0.15, 0.2) is 48.0 Å². The fraction of sp³-hybridized carbons (Fsp3) is 0.360. The Morgan fingerprint density at radius 2 is 1.81 bits per heavy atom. The Morgan fingerprint density at radius 1 is 1.13 bits per heavy atom.